The van der Waals surface area contributed by atoms with Crippen molar-refractivity contribution in [1.82, 2.24) is 24.2 Å². The largest absolute Gasteiger partial charge is 0.383 e. The van der Waals surface area contributed by atoms with Crippen LogP contribution in [0, 0.1) is 6.92 Å². The molecule has 4 aromatic rings. The van der Waals surface area contributed by atoms with E-state index in [1.165, 1.54) is 0 Å². The number of aromatic nitrogens is 4. The predicted octanol–water partition coefficient (Wildman–Crippen LogP) is 3.44. The number of fused-ring (bicyclic) bond motifs is 1. The van der Waals surface area contributed by atoms with Gasteiger partial charge in [-0.1, -0.05) is 29.8 Å². The minimum atomic E-state index is -0.128. The fraction of sp³-hybridized carbons (Fsp3) is 0.346. The SMILES string of the molecule is CCn1c(=O)n(CC)c2cc(-c3cn(CC(=O)NCCOC)nc3-c3cccc(C)c3)ccc21. The summed E-state index contributed by atoms with van der Waals surface area (Å²) in [4.78, 5) is 25.2. The van der Waals surface area contributed by atoms with Gasteiger partial charge in [-0.15, -0.1) is 0 Å². The quantitative estimate of drug-likeness (QED) is 0.387. The van der Waals surface area contributed by atoms with Gasteiger partial charge >= 0.3 is 5.69 Å². The van der Waals surface area contributed by atoms with E-state index < -0.39 is 0 Å². The minimum absolute atomic E-state index is 0.000479. The van der Waals surface area contributed by atoms with Crippen LogP contribution < -0.4 is 11.0 Å². The molecule has 178 valence electrons. The molecule has 8 nitrogen and oxygen atoms in total. The first kappa shape index (κ1) is 23.5. The van der Waals surface area contributed by atoms with Gasteiger partial charge in [0, 0.05) is 44.1 Å². The van der Waals surface area contributed by atoms with E-state index in [4.69, 9.17) is 9.84 Å². The number of rotatable bonds is 9. The van der Waals surface area contributed by atoms with E-state index >= 15 is 0 Å². The molecule has 0 radical (unpaired) electrons. The zero-order chi connectivity index (χ0) is 24.2. The molecule has 0 bridgehead atoms. The highest BCUT2D eigenvalue weighted by Gasteiger charge is 2.18. The van der Waals surface area contributed by atoms with Crippen LogP contribution in [0.4, 0.5) is 0 Å². The molecular weight excluding hydrogens is 430 g/mol. The Bertz CT molecular complexity index is 1380. The van der Waals surface area contributed by atoms with Crippen LogP contribution >= 0.6 is 0 Å². The van der Waals surface area contributed by atoms with E-state index in [1.54, 1.807) is 20.9 Å². The normalized spacial score (nSPS) is 11.3. The predicted molar refractivity (Wildman–Crippen MR) is 134 cm³/mol. The van der Waals surface area contributed by atoms with Crippen LogP contribution in [0.15, 0.2) is 53.5 Å². The summed E-state index contributed by atoms with van der Waals surface area (Å²) in [6, 6.07) is 14.2. The van der Waals surface area contributed by atoms with Gasteiger partial charge in [0.1, 0.15) is 12.2 Å². The van der Waals surface area contributed by atoms with Crippen molar-refractivity contribution in [2.24, 2.45) is 0 Å². The van der Waals surface area contributed by atoms with Crippen LogP contribution in [-0.4, -0.2) is 45.1 Å². The molecular formula is C26H31N5O3. The third kappa shape index (κ3) is 4.54. The Kier molecular flexibility index (Phi) is 6.98. The van der Waals surface area contributed by atoms with Gasteiger partial charge < -0.3 is 10.1 Å². The van der Waals surface area contributed by atoms with Gasteiger partial charge in [-0.05, 0) is 44.5 Å². The molecule has 2 heterocycles. The smallest absolute Gasteiger partial charge is 0.329 e. The first-order valence-corrected chi connectivity index (χ1v) is 11.6. The zero-order valence-electron chi connectivity index (χ0n) is 20.2. The molecule has 0 spiro atoms. The van der Waals surface area contributed by atoms with Crippen LogP contribution in [0.3, 0.4) is 0 Å². The molecule has 2 aromatic heterocycles. The summed E-state index contributed by atoms with van der Waals surface area (Å²) < 4.78 is 10.3. The van der Waals surface area contributed by atoms with Crippen molar-refractivity contribution in [1.29, 1.82) is 0 Å². The summed E-state index contributed by atoms with van der Waals surface area (Å²) >= 11 is 0. The van der Waals surface area contributed by atoms with Gasteiger partial charge in [-0.2, -0.15) is 5.10 Å². The number of aryl methyl sites for hydroxylation is 3. The van der Waals surface area contributed by atoms with E-state index in [0.29, 0.717) is 26.2 Å². The number of methoxy groups -OCH3 is 1. The number of amides is 1. The molecule has 1 N–H and O–H groups in total. The second-order valence-electron chi connectivity index (χ2n) is 8.28. The molecule has 1 amide bonds. The Balaban J connectivity index is 1.81. The van der Waals surface area contributed by atoms with Gasteiger partial charge in [0.15, 0.2) is 0 Å². The van der Waals surface area contributed by atoms with Crippen LogP contribution in [0.5, 0.6) is 0 Å². The highest BCUT2D eigenvalue weighted by Crippen LogP contribution is 2.33. The average molecular weight is 462 g/mol. The summed E-state index contributed by atoms with van der Waals surface area (Å²) in [6.45, 7) is 8.23. The van der Waals surface area contributed by atoms with Crippen LogP contribution in [0.2, 0.25) is 0 Å². The summed E-state index contributed by atoms with van der Waals surface area (Å²) in [5.41, 5.74) is 6.58. The highest BCUT2D eigenvalue weighted by atomic mass is 16.5. The fourth-order valence-corrected chi connectivity index (χ4v) is 4.31. The molecule has 8 heteroatoms. The van der Waals surface area contributed by atoms with Gasteiger partial charge in [0.05, 0.1) is 17.6 Å². The summed E-state index contributed by atoms with van der Waals surface area (Å²) in [5.74, 6) is -0.128. The van der Waals surface area contributed by atoms with Crippen molar-refractivity contribution in [2.75, 3.05) is 20.3 Å². The zero-order valence-corrected chi connectivity index (χ0v) is 20.2. The van der Waals surface area contributed by atoms with Crippen molar-refractivity contribution >= 4 is 16.9 Å². The fourth-order valence-electron chi connectivity index (χ4n) is 4.31. The number of benzene rings is 2. The molecule has 0 fully saturated rings. The number of nitrogens with one attached hydrogen (secondary N) is 1. The topological polar surface area (TPSA) is 83.1 Å². The van der Waals surface area contributed by atoms with Gasteiger partial charge in [-0.3, -0.25) is 18.6 Å². The van der Waals surface area contributed by atoms with Crippen LogP contribution in [0.25, 0.3) is 33.4 Å². The molecule has 0 aliphatic heterocycles. The maximum atomic E-state index is 12.8. The van der Waals surface area contributed by atoms with E-state index in [1.807, 2.05) is 63.4 Å². The number of carbonyl (C=O) groups excluding carboxylic acids is 1. The Morgan fingerprint density at radius 1 is 1.03 bits per heavy atom. The Morgan fingerprint density at radius 3 is 2.50 bits per heavy atom. The van der Waals surface area contributed by atoms with E-state index in [-0.39, 0.29) is 18.1 Å². The maximum Gasteiger partial charge on any atom is 0.329 e. The second kappa shape index (κ2) is 10.1. The molecule has 4 rings (SSSR count). The lowest BCUT2D eigenvalue weighted by Crippen LogP contribution is -2.30. The first-order chi connectivity index (χ1) is 16.5. The molecule has 0 aliphatic rings. The van der Waals surface area contributed by atoms with E-state index in [2.05, 4.69) is 11.4 Å². The lowest BCUT2D eigenvalue weighted by atomic mass is 10.0. The van der Waals surface area contributed by atoms with Crippen molar-refractivity contribution in [3.63, 3.8) is 0 Å². The van der Waals surface area contributed by atoms with Gasteiger partial charge in [0.25, 0.3) is 0 Å². The number of ether oxygens (including phenoxy) is 1. The van der Waals surface area contributed by atoms with Crippen LogP contribution in [-0.2, 0) is 29.2 Å². The molecule has 0 unspecified atom stereocenters. The molecule has 0 atom stereocenters. The molecule has 0 saturated heterocycles. The van der Waals surface area contributed by atoms with Crippen molar-refractivity contribution in [3.8, 4) is 22.4 Å². The molecule has 34 heavy (non-hydrogen) atoms. The van der Waals surface area contributed by atoms with Gasteiger partial charge in [-0.25, -0.2) is 4.79 Å². The van der Waals surface area contributed by atoms with Crippen molar-refractivity contribution in [2.45, 2.75) is 40.4 Å². The van der Waals surface area contributed by atoms with Crippen molar-refractivity contribution in [3.05, 3.63) is 64.7 Å². The Labute approximate surface area is 198 Å². The van der Waals surface area contributed by atoms with Crippen molar-refractivity contribution < 1.29 is 9.53 Å². The van der Waals surface area contributed by atoms with E-state index in [9.17, 15) is 9.59 Å². The second-order valence-corrected chi connectivity index (χ2v) is 8.28. The molecule has 0 aliphatic carbocycles. The third-order valence-corrected chi connectivity index (χ3v) is 5.95. The van der Waals surface area contributed by atoms with Crippen LogP contribution in [0.1, 0.15) is 19.4 Å². The molecule has 2 aromatic carbocycles. The number of nitrogens with zero attached hydrogens (tertiary/aromatic N) is 4. The monoisotopic (exact) mass is 461 g/mol. The standard InChI is InChI=1S/C26H31N5O3/c1-5-30-22-11-10-19(15-23(22)31(6-2)26(30)33)21-16-29(17-24(32)27-12-13-34-4)28-25(21)20-9-7-8-18(3)14-20/h7-11,14-16H,5-6,12-13,17H2,1-4H3,(H,27,32). The lowest BCUT2D eigenvalue weighted by Gasteiger charge is -2.06. The first-order valence-electron chi connectivity index (χ1n) is 11.6. The number of hydrogen-bond acceptors (Lipinski definition) is 4. The third-order valence-electron chi connectivity index (χ3n) is 5.95. The van der Waals surface area contributed by atoms with E-state index in [0.717, 1.165) is 39.0 Å². The maximum absolute atomic E-state index is 12.8. The highest BCUT2D eigenvalue weighted by molar-refractivity contribution is 5.88. The number of imidazole rings is 1. The summed E-state index contributed by atoms with van der Waals surface area (Å²) in [6.07, 6.45) is 1.90. The molecule has 0 saturated carbocycles. The number of carbonyl (C=O) groups is 1. The minimum Gasteiger partial charge on any atom is -0.383 e. The Morgan fingerprint density at radius 2 is 1.79 bits per heavy atom. The Hall–Kier alpha value is -3.65. The summed E-state index contributed by atoms with van der Waals surface area (Å²) in [7, 11) is 1.60. The van der Waals surface area contributed by atoms with Gasteiger partial charge in [0.2, 0.25) is 5.91 Å². The number of hydrogen-bond donors (Lipinski definition) is 1. The average Bonchev–Trinajstić information content (AvgIpc) is 3.36. The lowest BCUT2D eigenvalue weighted by molar-refractivity contribution is -0.122. The summed E-state index contributed by atoms with van der Waals surface area (Å²) in [5, 5.41) is 7.62.